The molecular formula is C33H37BrO6S. The van der Waals surface area contributed by atoms with E-state index in [1.165, 1.54) is 7.11 Å². The maximum atomic E-state index is 12.9. The molecule has 5 rings (SSSR count). The Balaban J connectivity index is 1.29. The number of sulfone groups is 1. The van der Waals surface area contributed by atoms with Crippen molar-refractivity contribution in [2.24, 2.45) is 5.92 Å². The maximum absolute atomic E-state index is 12.9. The van der Waals surface area contributed by atoms with Gasteiger partial charge < -0.3 is 14.2 Å². The molecule has 1 unspecified atom stereocenters. The summed E-state index contributed by atoms with van der Waals surface area (Å²) in [7, 11) is -1.97. The monoisotopic (exact) mass is 640 g/mol. The molecule has 2 aliphatic rings. The zero-order valence-corrected chi connectivity index (χ0v) is 26.1. The molecule has 1 saturated heterocycles. The van der Waals surface area contributed by atoms with Crippen molar-refractivity contribution in [3.8, 4) is 0 Å². The van der Waals surface area contributed by atoms with E-state index in [1.807, 2.05) is 43.3 Å². The van der Waals surface area contributed by atoms with Gasteiger partial charge in [-0.15, -0.1) is 0 Å². The van der Waals surface area contributed by atoms with Gasteiger partial charge in [-0.25, -0.2) is 8.42 Å². The van der Waals surface area contributed by atoms with Gasteiger partial charge in [0.1, 0.15) is 12.2 Å². The highest BCUT2D eigenvalue weighted by molar-refractivity contribution is 9.10. The van der Waals surface area contributed by atoms with Gasteiger partial charge in [0, 0.05) is 10.9 Å². The van der Waals surface area contributed by atoms with Gasteiger partial charge in [0.2, 0.25) is 0 Å². The lowest BCUT2D eigenvalue weighted by Crippen LogP contribution is -2.27. The van der Waals surface area contributed by atoms with Crippen molar-refractivity contribution in [3.05, 3.63) is 100 Å². The molecule has 41 heavy (non-hydrogen) atoms. The van der Waals surface area contributed by atoms with Crippen LogP contribution in [0.25, 0.3) is 0 Å². The molecule has 0 aromatic heterocycles. The first-order chi connectivity index (χ1) is 19.6. The summed E-state index contributed by atoms with van der Waals surface area (Å²) in [5.74, 6) is -1.51. The predicted octanol–water partition coefficient (Wildman–Crippen LogP) is 7.69. The highest BCUT2D eigenvalue weighted by Gasteiger charge is 2.45. The number of rotatable bonds is 11. The molecule has 1 aliphatic carbocycles. The van der Waals surface area contributed by atoms with E-state index in [0.29, 0.717) is 30.2 Å². The molecule has 0 spiro atoms. The summed E-state index contributed by atoms with van der Waals surface area (Å²) in [5.41, 5.74) is 2.88. The summed E-state index contributed by atoms with van der Waals surface area (Å²) in [6.45, 7) is 4.10. The van der Waals surface area contributed by atoms with Crippen molar-refractivity contribution in [3.63, 3.8) is 0 Å². The van der Waals surface area contributed by atoms with Crippen LogP contribution in [0.4, 0.5) is 0 Å². The first kappa shape index (κ1) is 30.0. The smallest absolute Gasteiger partial charge is 0.313 e. The van der Waals surface area contributed by atoms with Crippen LogP contribution in [0.2, 0.25) is 0 Å². The van der Waals surface area contributed by atoms with Gasteiger partial charge in [-0.2, -0.15) is 0 Å². The van der Waals surface area contributed by atoms with Gasteiger partial charge in [0.15, 0.2) is 15.6 Å². The van der Waals surface area contributed by atoms with E-state index in [9.17, 15) is 13.2 Å². The van der Waals surface area contributed by atoms with E-state index in [4.69, 9.17) is 14.2 Å². The summed E-state index contributed by atoms with van der Waals surface area (Å²) in [5, 5.41) is -0.301. The molecule has 1 saturated carbocycles. The Bertz CT molecular complexity index is 1410. The third kappa shape index (κ3) is 6.77. The molecule has 0 radical (unpaired) electrons. The number of carbonyl (C=O) groups is 1. The van der Waals surface area contributed by atoms with Gasteiger partial charge in [0.25, 0.3) is 0 Å². The first-order valence-corrected chi connectivity index (χ1v) is 16.5. The average molecular weight is 642 g/mol. The molecule has 8 heteroatoms. The number of halogens is 1. The first-order valence-electron chi connectivity index (χ1n) is 14.2. The Kier molecular flexibility index (Phi) is 9.04. The molecule has 6 nitrogen and oxygen atoms in total. The Hall–Kier alpha value is -2.52. The average Bonchev–Trinajstić information content (AvgIpc) is 3.79. The zero-order chi connectivity index (χ0) is 29.2. The maximum Gasteiger partial charge on any atom is 0.313 e. The van der Waals surface area contributed by atoms with E-state index in [-0.39, 0.29) is 34.2 Å². The molecule has 1 heterocycles. The largest absolute Gasteiger partial charge is 0.469 e. The van der Waals surface area contributed by atoms with E-state index in [2.05, 4.69) is 47.1 Å². The minimum absolute atomic E-state index is 0.141. The molecule has 218 valence electrons. The lowest BCUT2D eigenvalue weighted by molar-refractivity contribution is -0.169. The second kappa shape index (κ2) is 12.4. The number of carbonyl (C=O) groups excluding carboxylic acids is 1. The van der Waals surface area contributed by atoms with Crippen LogP contribution in [0, 0.1) is 5.92 Å². The summed E-state index contributed by atoms with van der Waals surface area (Å²) >= 11 is 3.45. The van der Waals surface area contributed by atoms with Crippen molar-refractivity contribution in [1.29, 1.82) is 0 Å². The fourth-order valence-corrected chi connectivity index (χ4v) is 8.42. The third-order valence-electron chi connectivity index (χ3n) is 8.13. The summed E-state index contributed by atoms with van der Waals surface area (Å²) in [6.07, 6.45) is 2.90. The molecule has 3 aromatic rings. The van der Waals surface area contributed by atoms with Crippen molar-refractivity contribution in [2.45, 2.75) is 80.0 Å². The highest BCUT2D eigenvalue weighted by Crippen LogP contribution is 2.49. The summed E-state index contributed by atoms with van der Waals surface area (Å²) < 4.78 is 44.5. The standard InChI is InChI=1S/C33H37BrO6S/c1-22(20-27(32(35)38-3)25-14-17-29(28(34)21-25)41(36,37)26-15-16-26)18-19-33(2)39-30(23-10-6-4-7-11-23)31(40-33)24-12-8-5-9-13-24/h4-14,17,21-22,26-27,30-31H,15-16,18-20H2,1-3H3/t22-,27?,30-,31-/m1/s1. The van der Waals surface area contributed by atoms with Crippen LogP contribution in [-0.4, -0.2) is 32.5 Å². The Morgan fingerprint density at radius 3 is 2.02 bits per heavy atom. The zero-order valence-electron chi connectivity index (χ0n) is 23.7. The molecule has 4 atom stereocenters. The minimum atomic E-state index is -3.35. The van der Waals surface area contributed by atoms with Crippen molar-refractivity contribution in [2.75, 3.05) is 7.11 Å². The van der Waals surface area contributed by atoms with Crippen LogP contribution in [0.3, 0.4) is 0 Å². The lowest BCUT2D eigenvalue weighted by Gasteiger charge is -2.26. The van der Waals surface area contributed by atoms with E-state index >= 15 is 0 Å². The highest BCUT2D eigenvalue weighted by atomic mass is 79.9. The van der Waals surface area contributed by atoms with E-state index < -0.39 is 21.5 Å². The van der Waals surface area contributed by atoms with Gasteiger partial charge >= 0.3 is 5.97 Å². The SMILES string of the molecule is COC(=O)C(C[C@H](C)CCC1(C)O[C@H](c2ccccc2)[C@@H](c2ccccc2)O1)c1ccc(S(=O)(=O)C2CC2)c(Br)c1. The minimum Gasteiger partial charge on any atom is -0.469 e. The Morgan fingerprint density at radius 2 is 1.54 bits per heavy atom. The van der Waals surface area contributed by atoms with Gasteiger partial charge in [-0.05, 0) is 83.3 Å². The van der Waals surface area contributed by atoms with Crippen molar-refractivity contribution >= 4 is 31.7 Å². The quantitative estimate of drug-likeness (QED) is 0.200. The Labute approximate surface area is 251 Å². The topological polar surface area (TPSA) is 78.9 Å². The molecule has 0 bridgehead atoms. The Morgan fingerprint density at radius 1 is 0.976 bits per heavy atom. The second-order valence-corrected chi connectivity index (χ2v) is 14.5. The molecular weight excluding hydrogens is 604 g/mol. The number of hydrogen-bond donors (Lipinski definition) is 0. The molecule has 2 fully saturated rings. The van der Waals surface area contributed by atoms with Gasteiger partial charge in [-0.3, -0.25) is 4.79 Å². The van der Waals surface area contributed by atoms with Crippen LogP contribution in [0.1, 0.15) is 80.8 Å². The summed E-state index contributed by atoms with van der Waals surface area (Å²) in [4.78, 5) is 13.2. The van der Waals surface area contributed by atoms with Crippen LogP contribution in [-0.2, 0) is 28.8 Å². The van der Waals surface area contributed by atoms with Gasteiger partial charge in [0.05, 0.1) is 23.2 Å². The fourth-order valence-electron chi connectivity index (χ4n) is 5.64. The molecule has 1 aliphatic heterocycles. The second-order valence-electron chi connectivity index (χ2n) is 11.4. The van der Waals surface area contributed by atoms with Crippen molar-refractivity contribution < 1.29 is 27.4 Å². The van der Waals surface area contributed by atoms with E-state index in [1.54, 1.807) is 18.2 Å². The molecule has 0 N–H and O–H groups in total. The van der Waals surface area contributed by atoms with Crippen LogP contribution < -0.4 is 0 Å². The predicted molar refractivity (Wildman–Crippen MR) is 161 cm³/mol. The number of hydrogen-bond acceptors (Lipinski definition) is 6. The normalized spacial score (nSPS) is 21.8. The number of esters is 1. The van der Waals surface area contributed by atoms with Crippen molar-refractivity contribution in [1.82, 2.24) is 0 Å². The number of methoxy groups -OCH3 is 1. The molecule has 0 amide bonds. The fraction of sp³-hybridized carbons (Fsp3) is 0.424. The van der Waals surface area contributed by atoms with E-state index in [0.717, 1.165) is 23.1 Å². The lowest BCUT2D eigenvalue weighted by atomic mass is 9.87. The molecule has 3 aromatic carbocycles. The van der Waals surface area contributed by atoms with Crippen LogP contribution in [0.15, 0.2) is 88.2 Å². The van der Waals surface area contributed by atoms with Crippen LogP contribution >= 0.6 is 15.9 Å². The number of ether oxygens (including phenoxy) is 3. The van der Waals surface area contributed by atoms with Gasteiger partial charge in [-0.1, -0.05) is 73.7 Å². The number of benzene rings is 3. The van der Waals surface area contributed by atoms with Crippen LogP contribution in [0.5, 0.6) is 0 Å². The summed E-state index contributed by atoms with van der Waals surface area (Å²) in [6, 6.07) is 25.4. The third-order valence-corrected chi connectivity index (χ3v) is 11.4.